The van der Waals surface area contributed by atoms with Crippen LogP contribution in [0.1, 0.15) is 17.4 Å². The molecule has 0 bridgehead atoms. The molecule has 3 nitrogen and oxygen atoms in total. The number of hydrogen-bond acceptors (Lipinski definition) is 3. The predicted molar refractivity (Wildman–Crippen MR) is 62.6 cm³/mol. The highest BCUT2D eigenvalue weighted by Gasteiger charge is 2.15. The van der Waals surface area contributed by atoms with Gasteiger partial charge in [-0.15, -0.1) is 0 Å². The van der Waals surface area contributed by atoms with Gasteiger partial charge in [0.25, 0.3) is 0 Å². The van der Waals surface area contributed by atoms with Gasteiger partial charge in [0, 0.05) is 28.0 Å². The molecule has 0 saturated heterocycles. The first-order valence-corrected chi connectivity index (χ1v) is 5.33. The first-order chi connectivity index (χ1) is 7.68. The van der Waals surface area contributed by atoms with E-state index in [9.17, 15) is 5.11 Å². The molecule has 5 heteroatoms. The van der Waals surface area contributed by atoms with E-state index in [1.807, 2.05) is 0 Å². The first kappa shape index (κ1) is 11.3. The Labute approximate surface area is 103 Å². The minimum absolute atomic E-state index is 0.437. The fourth-order valence-corrected chi connectivity index (χ4v) is 1.74. The standard InChI is InChI=1S/C11H8Cl2N2O/c12-7-1-2-9(13)8(5-7)11(16)10-6-14-3-4-15-10/h1-6,11,16H. The lowest BCUT2D eigenvalue weighted by atomic mass is 10.1. The Morgan fingerprint density at radius 3 is 2.69 bits per heavy atom. The van der Waals surface area contributed by atoms with Gasteiger partial charge in [-0.25, -0.2) is 0 Å². The molecule has 1 atom stereocenters. The lowest BCUT2D eigenvalue weighted by Gasteiger charge is -2.11. The minimum Gasteiger partial charge on any atom is -0.382 e. The molecule has 0 radical (unpaired) electrons. The molecule has 1 aromatic carbocycles. The van der Waals surface area contributed by atoms with Gasteiger partial charge in [-0.3, -0.25) is 9.97 Å². The third-order valence-electron chi connectivity index (χ3n) is 2.12. The van der Waals surface area contributed by atoms with Gasteiger partial charge in [-0.2, -0.15) is 0 Å². The van der Waals surface area contributed by atoms with Crippen LogP contribution in [0.25, 0.3) is 0 Å². The van der Waals surface area contributed by atoms with Crippen LogP contribution in [0, 0.1) is 0 Å². The predicted octanol–water partition coefficient (Wildman–Crippen LogP) is 2.87. The van der Waals surface area contributed by atoms with Gasteiger partial charge < -0.3 is 5.11 Å². The van der Waals surface area contributed by atoms with Gasteiger partial charge in [0.05, 0.1) is 11.9 Å². The Morgan fingerprint density at radius 1 is 1.19 bits per heavy atom. The summed E-state index contributed by atoms with van der Waals surface area (Å²) >= 11 is 11.8. The fourth-order valence-electron chi connectivity index (χ4n) is 1.34. The normalized spacial score (nSPS) is 12.4. The van der Waals surface area contributed by atoms with Crippen molar-refractivity contribution in [2.24, 2.45) is 0 Å². The molecular formula is C11H8Cl2N2O. The Hall–Kier alpha value is -1.16. The summed E-state index contributed by atoms with van der Waals surface area (Å²) in [6, 6.07) is 4.92. The third kappa shape index (κ3) is 2.32. The molecule has 0 saturated carbocycles. The van der Waals surface area contributed by atoms with Crippen molar-refractivity contribution in [1.82, 2.24) is 9.97 Å². The molecule has 2 rings (SSSR count). The van der Waals surface area contributed by atoms with Crippen LogP contribution in [0.15, 0.2) is 36.8 Å². The minimum atomic E-state index is -0.917. The van der Waals surface area contributed by atoms with Crippen LogP contribution in [0.4, 0.5) is 0 Å². The zero-order valence-corrected chi connectivity index (χ0v) is 9.65. The smallest absolute Gasteiger partial charge is 0.124 e. The summed E-state index contributed by atoms with van der Waals surface area (Å²) in [7, 11) is 0. The second-order valence-electron chi connectivity index (χ2n) is 3.20. The van der Waals surface area contributed by atoms with Crippen LogP contribution in [0.2, 0.25) is 10.0 Å². The number of aliphatic hydroxyl groups excluding tert-OH is 1. The van der Waals surface area contributed by atoms with Crippen molar-refractivity contribution in [3.63, 3.8) is 0 Å². The molecule has 0 aliphatic rings. The van der Waals surface area contributed by atoms with Crippen LogP contribution >= 0.6 is 23.2 Å². The maximum atomic E-state index is 10.1. The van der Waals surface area contributed by atoms with Crippen molar-refractivity contribution < 1.29 is 5.11 Å². The molecule has 0 aliphatic carbocycles. The summed E-state index contributed by atoms with van der Waals surface area (Å²) in [6.07, 6.45) is 3.62. The number of hydrogen-bond donors (Lipinski definition) is 1. The number of aliphatic hydroxyl groups is 1. The van der Waals surface area contributed by atoms with E-state index >= 15 is 0 Å². The summed E-state index contributed by atoms with van der Waals surface area (Å²) in [4.78, 5) is 7.90. The molecule has 1 N–H and O–H groups in total. The zero-order valence-electron chi connectivity index (χ0n) is 8.14. The monoisotopic (exact) mass is 254 g/mol. The molecular weight excluding hydrogens is 247 g/mol. The van der Waals surface area contributed by atoms with E-state index in [2.05, 4.69) is 9.97 Å². The van der Waals surface area contributed by atoms with E-state index in [0.29, 0.717) is 21.3 Å². The van der Waals surface area contributed by atoms with Crippen molar-refractivity contribution in [3.8, 4) is 0 Å². The molecule has 0 fully saturated rings. The molecule has 16 heavy (non-hydrogen) atoms. The van der Waals surface area contributed by atoms with Crippen molar-refractivity contribution in [2.75, 3.05) is 0 Å². The molecule has 82 valence electrons. The van der Waals surface area contributed by atoms with Crippen molar-refractivity contribution in [3.05, 3.63) is 58.1 Å². The van der Waals surface area contributed by atoms with Crippen LogP contribution in [-0.2, 0) is 0 Å². The summed E-state index contributed by atoms with van der Waals surface area (Å²) in [5.41, 5.74) is 0.960. The van der Waals surface area contributed by atoms with Gasteiger partial charge in [-0.05, 0) is 18.2 Å². The van der Waals surface area contributed by atoms with Crippen molar-refractivity contribution in [1.29, 1.82) is 0 Å². The average Bonchev–Trinajstić information content (AvgIpc) is 2.32. The molecule has 1 aromatic heterocycles. The first-order valence-electron chi connectivity index (χ1n) is 4.57. The third-order valence-corrected chi connectivity index (χ3v) is 2.70. The van der Waals surface area contributed by atoms with Gasteiger partial charge >= 0.3 is 0 Å². The number of aromatic nitrogens is 2. The summed E-state index contributed by atoms with van der Waals surface area (Å²) in [6.45, 7) is 0. The largest absolute Gasteiger partial charge is 0.382 e. The Kier molecular flexibility index (Phi) is 3.39. The van der Waals surface area contributed by atoms with Gasteiger partial charge in [0.15, 0.2) is 0 Å². The summed E-state index contributed by atoms with van der Waals surface area (Å²) in [5, 5.41) is 11.0. The Morgan fingerprint density at radius 2 is 2.00 bits per heavy atom. The fraction of sp³-hybridized carbons (Fsp3) is 0.0909. The molecule has 1 unspecified atom stereocenters. The second kappa shape index (κ2) is 4.78. The summed E-state index contributed by atoms with van der Waals surface area (Å²) in [5.74, 6) is 0. The maximum absolute atomic E-state index is 10.1. The van der Waals surface area contributed by atoms with Gasteiger partial charge in [-0.1, -0.05) is 23.2 Å². The maximum Gasteiger partial charge on any atom is 0.124 e. The van der Waals surface area contributed by atoms with Gasteiger partial charge in [0.2, 0.25) is 0 Å². The molecule has 0 aliphatic heterocycles. The Bertz CT molecular complexity index is 491. The number of nitrogens with zero attached hydrogens (tertiary/aromatic N) is 2. The highest BCUT2D eigenvalue weighted by molar-refractivity contribution is 6.33. The van der Waals surface area contributed by atoms with E-state index in [4.69, 9.17) is 23.2 Å². The molecule has 0 spiro atoms. The van der Waals surface area contributed by atoms with Crippen LogP contribution in [0.5, 0.6) is 0 Å². The highest BCUT2D eigenvalue weighted by Crippen LogP contribution is 2.29. The van der Waals surface area contributed by atoms with E-state index < -0.39 is 6.10 Å². The summed E-state index contributed by atoms with van der Waals surface area (Å²) < 4.78 is 0. The van der Waals surface area contributed by atoms with Crippen molar-refractivity contribution >= 4 is 23.2 Å². The van der Waals surface area contributed by atoms with Gasteiger partial charge in [0.1, 0.15) is 6.10 Å². The van der Waals surface area contributed by atoms with E-state index in [1.54, 1.807) is 18.2 Å². The number of halogens is 2. The zero-order chi connectivity index (χ0) is 11.5. The van der Waals surface area contributed by atoms with Crippen LogP contribution in [0.3, 0.4) is 0 Å². The topological polar surface area (TPSA) is 46.0 Å². The lowest BCUT2D eigenvalue weighted by Crippen LogP contribution is -2.03. The Balaban J connectivity index is 2.41. The molecule has 2 aromatic rings. The van der Waals surface area contributed by atoms with E-state index in [1.165, 1.54) is 18.6 Å². The van der Waals surface area contributed by atoms with Crippen LogP contribution < -0.4 is 0 Å². The van der Waals surface area contributed by atoms with E-state index in [-0.39, 0.29) is 0 Å². The highest BCUT2D eigenvalue weighted by atomic mass is 35.5. The lowest BCUT2D eigenvalue weighted by molar-refractivity contribution is 0.215. The van der Waals surface area contributed by atoms with Crippen LogP contribution in [-0.4, -0.2) is 15.1 Å². The number of benzene rings is 1. The number of rotatable bonds is 2. The average molecular weight is 255 g/mol. The quantitative estimate of drug-likeness (QED) is 0.897. The van der Waals surface area contributed by atoms with Crippen molar-refractivity contribution in [2.45, 2.75) is 6.10 Å². The SMILES string of the molecule is OC(c1cnccn1)c1cc(Cl)ccc1Cl. The second-order valence-corrected chi connectivity index (χ2v) is 4.04. The molecule has 1 heterocycles. The molecule has 0 amide bonds. The van der Waals surface area contributed by atoms with E-state index in [0.717, 1.165) is 0 Å².